The van der Waals surface area contributed by atoms with Crippen molar-refractivity contribution in [3.8, 4) is 0 Å². The highest BCUT2D eigenvalue weighted by atomic mass is 16.2. The zero-order valence-corrected chi connectivity index (χ0v) is 10.8. The molecule has 1 heterocycles. The van der Waals surface area contributed by atoms with E-state index in [4.69, 9.17) is 5.84 Å². The third-order valence-electron chi connectivity index (χ3n) is 4.59. The van der Waals surface area contributed by atoms with Crippen molar-refractivity contribution >= 4 is 5.91 Å². The molecule has 17 heavy (non-hydrogen) atoms. The summed E-state index contributed by atoms with van der Waals surface area (Å²) in [5.74, 6) is 6.92. The zero-order chi connectivity index (χ0) is 12.3. The van der Waals surface area contributed by atoms with Crippen molar-refractivity contribution in [1.82, 2.24) is 10.3 Å². The summed E-state index contributed by atoms with van der Waals surface area (Å²) in [5.41, 5.74) is 2.23. The van der Waals surface area contributed by atoms with E-state index in [1.54, 1.807) is 0 Å². The predicted octanol–water partition coefficient (Wildman–Crippen LogP) is 1.27. The first kappa shape index (κ1) is 12.8. The van der Waals surface area contributed by atoms with E-state index < -0.39 is 0 Å². The lowest BCUT2D eigenvalue weighted by Gasteiger charge is -2.43. The smallest absolute Gasteiger partial charge is 0.235 e. The topological polar surface area (TPSA) is 58.4 Å². The number of nitrogens with two attached hydrogens (primary N) is 1. The van der Waals surface area contributed by atoms with E-state index in [0.29, 0.717) is 12.5 Å². The second-order valence-electron chi connectivity index (χ2n) is 5.71. The standard InChI is InChI=1S/C13H25N3O/c1-10(8-13(17)15-14)16-7-6-11-4-2-3-5-12(11)9-16/h10-12H,2-9,14H2,1H3,(H,15,17). The second-order valence-corrected chi connectivity index (χ2v) is 5.71. The molecule has 98 valence electrons. The minimum Gasteiger partial charge on any atom is -0.300 e. The highest BCUT2D eigenvalue weighted by molar-refractivity contribution is 5.75. The van der Waals surface area contributed by atoms with E-state index in [2.05, 4.69) is 17.2 Å². The molecular weight excluding hydrogens is 214 g/mol. The number of amides is 1. The van der Waals surface area contributed by atoms with Crippen LogP contribution < -0.4 is 11.3 Å². The number of rotatable bonds is 3. The molecule has 1 saturated carbocycles. The molecule has 3 atom stereocenters. The molecule has 2 rings (SSSR count). The lowest BCUT2D eigenvalue weighted by atomic mass is 9.75. The van der Waals surface area contributed by atoms with Crippen LogP contribution in [0, 0.1) is 11.8 Å². The van der Waals surface area contributed by atoms with Crippen LogP contribution in [0.2, 0.25) is 0 Å². The van der Waals surface area contributed by atoms with E-state index in [1.165, 1.54) is 38.6 Å². The molecule has 1 aliphatic carbocycles. The molecule has 3 unspecified atom stereocenters. The molecule has 0 radical (unpaired) electrons. The molecule has 4 nitrogen and oxygen atoms in total. The fourth-order valence-electron chi connectivity index (χ4n) is 3.49. The number of hydrogen-bond donors (Lipinski definition) is 2. The van der Waals surface area contributed by atoms with Crippen molar-refractivity contribution in [2.45, 2.75) is 51.5 Å². The summed E-state index contributed by atoms with van der Waals surface area (Å²) in [5, 5.41) is 0. The highest BCUT2D eigenvalue weighted by Gasteiger charge is 2.32. The SMILES string of the molecule is CC(CC(=O)NN)N1CCC2CCCCC2C1. The van der Waals surface area contributed by atoms with Crippen LogP contribution >= 0.6 is 0 Å². The van der Waals surface area contributed by atoms with Gasteiger partial charge in [0.1, 0.15) is 0 Å². The van der Waals surface area contributed by atoms with Gasteiger partial charge >= 0.3 is 0 Å². The average Bonchev–Trinajstić information content (AvgIpc) is 2.38. The number of nitrogens with one attached hydrogen (secondary N) is 1. The lowest BCUT2D eigenvalue weighted by Crippen LogP contribution is -2.47. The van der Waals surface area contributed by atoms with Crippen LogP contribution in [-0.4, -0.2) is 29.9 Å². The Bertz CT molecular complexity index is 269. The van der Waals surface area contributed by atoms with Gasteiger partial charge in [0, 0.05) is 19.0 Å². The maximum atomic E-state index is 11.3. The number of hydrogen-bond acceptors (Lipinski definition) is 3. The van der Waals surface area contributed by atoms with Gasteiger partial charge in [-0.15, -0.1) is 0 Å². The molecular formula is C13H25N3O. The van der Waals surface area contributed by atoms with E-state index in [1.807, 2.05) is 0 Å². The second kappa shape index (κ2) is 5.83. The van der Waals surface area contributed by atoms with E-state index in [0.717, 1.165) is 18.4 Å². The molecule has 1 aliphatic heterocycles. The van der Waals surface area contributed by atoms with Gasteiger partial charge in [-0.25, -0.2) is 5.84 Å². The molecule has 0 spiro atoms. The van der Waals surface area contributed by atoms with Gasteiger partial charge in [-0.1, -0.05) is 19.3 Å². The van der Waals surface area contributed by atoms with Crippen LogP contribution in [-0.2, 0) is 4.79 Å². The van der Waals surface area contributed by atoms with Crippen molar-refractivity contribution in [2.75, 3.05) is 13.1 Å². The van der Waals surface area contributed by atoms with Gasteiger partial charge in [-0.3, -0.25) is 15.1 Å². The average molecular weight is 239 g/mol. The van der Waals surface area contributed by atoms with Crippen molar-refractivity contribution in [2.24, 2.45) is 17.7 Å². The Labute approximate surface area is 104 Å². The number of carbonyl (C=O) groups is 1. The molecule has 0 aromatic heterocycles. The Balaban J connectivity index is 1.84. The molecule has 2 aliphatic rings. The Kier molecular flexibility index (Phi) is 4.40. The largest absolute Gasteiger partial charge is 0.300 e. The van der Waals surface area contributed by atoms with Crippen molar-refractivity contribution in [3.63, 3.8) is 0 Å². The number of nitrogens with zero attached hydrogens (tertiary/aromatic N) is 1. The summed E-state index contributed by atoms with van der Waals surface area (Å²) in [6.07, 6.45) is 7.47. The van der Waals surface area contributed by atoms with Crippen molar-refractivity contribution < 1.29 is 4.79 Å². The summed E-state index contributed by atoms with van der Waals surface area (Å²) in [4.78, 5) is 13.8. The fraction of sp³-hybridized carbons (Fsp3) is 0.923. The molecule has 3 N–H and O–H groups in total. The molecule has 2 fully saturated rings. The molecule has 0 aromatic rings. The first-order valence-electron chi connectivity index (χ1n) is 6.94. The summed E-state index contributed by atoms with van der Waals surface area (Å²) in [7, 11) is 0. The van der Waals surface area contributed by atoms with Crippen molar-refractivity contribution in [1.29, 1.82) is 0 Å². The van der Waals surface area contributed by atoms with Crippen LogP contribution in [0.25, 0.3) is 0 Å². The minimum atomic E-state index is -0.0525. The van der Waals surface area contributed by atoms with Gasteiger partial charge in [0.25, 0.3) is 0 Å². The van der Waals surface area contributed by atoms with Crippen LogP contribution in [0.4, 0.5) is 0 Å². The third-order valence-corrected chi connectivity index (χ3v) is 4.59. The van der Waals surface area contributed by atoms with E-state index in [9.17, 15) is 4.79 Å². The summed E-state index contributed by atoms with van der Waals surface area (Å²) < 4.78 is 0. The Morgan fingerprint density at radius 3 is 2.76 bits per heavy atom. The number of fused-ring (bicyclic) bond motifs is 1. The Morgan fingerprint density at radius 2 is 2.06 bits per heavy atom. The van der Waals surface area contributed by atoms with Crippen LogP contribution in [0.5, 0.6) is 0 Å². The van der Waals surface area contributed by atoms with E-state index in [-0.39, 0.29) is 5.91 Å². The normalized spacial score (nSPS) is 31.6. The minimum absolute atomic E-state index is 0.0525. The van der Waals surface area contributed by atoms with Gasteiger partial charge < -0.3 is 0 Å². The summed E-state index contributed by atoms with van der Waals surface area (Å²) in [6, 6.07) is 0.321. The number of hydrazine groups is 1. The molecule has 4 heteroatoms. The van der Waals surface area contributed by atoms with Gasteiger partial charge in [0.2, 0.25) is 5.91 Å². The number of piperidine rings is 1. The lowest BCUT2D eigenvalue weighted by molar-refractivity contribution is -0.122. The maximum Gasteiger partial charge on any atom is 0.235 e. The molecule has 1 amide bonds. The first-order chi connectivity index (χ1) is 8.20. The molecule has 1 saturated heterocycles. The molecule has 0 aromatic carbocycles. The first-order valence-corrected chi connectivity index (χ1v) is 6.94. The van der Waals surface area contributed by atoms with Gasteiger partial charge in [0.05, 0.1) is 0 Å². The number of likely N-dealkylation sites (tertiary alicyclic amines) is 1. The van der Waals surface area contributed by atoms with Gasteiger partial charge in [-0.2, -0.15) is 0 Å². The van der Waals surface area contributed by atoms with Gasteiger partial charge in [-0.05, 0) is 38.1 Å². The predicted molar refractivity (Wildman–Crippen MR) is 68.0 cm³/mol. The quantitative estimate of drug-likeness (QED) is 0.443. The maximum absolute atomic E-state index is 11.3. The monoisotopic (exact) mass is 239 g/mol. The number of carbonyl (C=O) groups excluding carboxylic acids is 1. The van der Waals surface area contributed by atoms with Crippen LogP contribution in [0.3, 0.4) is 0 Å². The third kappa shape index (κ3) is 3.19. The summed E-state index contributed by atoms with van der Waals surface area (Å²) in [6.45, 7) is 4.47. The Hall–Kier alpha value is -0.610. The van der Waals surface area contributed by atoms with E-state index >= 15 is 0 Å². The highest BCUT2D eigenvalue weighted by Crippen LogP contribution is 2.36. The Morgan fingerprint density at radius 1 is 1.35 bits per heavy atom. The van der Waals surface area contributed by atoms with Crippen molar-refractivity contribution in [3.05, 3.63) is 0 Å². The van der Waals surface area contributed by atoms with Gasteiger partial charge in [0.15, 0.2) is 0 Å². The zero-order valence-electron chi connectivity index (χ0n) is 10.8. The fourth-order valence-corrected chi connectivity index (χ4v) is 3.49. The molecule has 0 bridgehead atoms. The van der Waals surface area contributed by atoms with Crippen LogP contribution in [0.15, 0.2) is 0 Å². The summed E-state index contributed by atoms with van der Waals surface area (Å²) >= 11 is 0. The van der Waals surface area contributed by atoms with Crippen LogP contribution in [0.1, 0.15) is 45.4 Å².